The number of aromatic hydroxyl groups is 1. The Balaban J connectivity index is 1.61. The van der Waals surface area contributed by atoms with E-state index in [1.54, 1.807) is 31.4 Å². The van der Waals surface area contributed by atoms with Crippen molar-refractivity contribution in [1.29, 1.82) is 0 Å². The molecule has 0 bridgehead atoms. The van der Waals surface area contributed by atoms with Gasteiger partial charge in [0.15, 0.2) is 0 Å². The lowest BCUT2D eigenvalue weighted by Gasteiger charge is -2.32. The van der Waals surface area contributed by atoms with E-state index in [4.69, 9.17) is 4.74 Å². The summed E-state index contributed by atoms with van der Waals surface area (Å²) in [6.07, 6.45) is 0. The molecule has 2 N–H and O–H groups in total. The minimum atomic E-state index is 0.0670. The lowest BCUT2D eigenvalue weighted by molar-refractivity contribution is -0.837. The molecule has 120 valence electrons. The van der Waals surface area contributed by atoms with Crippen molar-refractivity contribution in [2.75, 3.05) is 33.3 Å². The highest BCUT2D eigenvalue weighted by Gasteiger charge is 2.25. The highest BCUT2D eigenvalue weighted by Crippen LogP contribution is 2.14. The van der Waals surface area contributed by atoms with Crippen molar-refractivity contribution < 1.29 is 19.5 Å². The van der Waals surface area contributed by atoms with Gasteiger partial charge in [-0.25, -0.2) is 0 Å². The largest absolute Gasteiger partial charge is 0.508 e. The number of carbonyl (C=O) groups is 1. The van der Waals surface area contributed by atoms with Gasteiger partial charge in [-0.2, -0.15) is 0 Å². The number of methoxy groups -OCH3 is 1. The molecule has 1 fully saturated rings. The molecule has 1 saturated heterocycles. The second-order valence-electron chi connectivity index (χ2n) is 5.67. The van der Waals surface area contributed by atoms with Gasteiger partial charge in [0.05, 0.1) is 33.3 Å². The van der Waals surface area contributed by atoms with Crippen LogP contribution < -0.4 is 9.64 Å². The monoisotopic (exact) mass is 313 g/mol. The fraction of sp³-hybridized carbons (Fsp3) is 0.278. The quantitative estimate of drug-likeness (QED) is 0.834. The van der Waals surface area contributed by atoms with Crippen LogP contribution in [0.1, 0.15) is 10.4 Å². The first-order valence-corrected chi connectivity index (χ1v) is 7.75. The van der Waals surface area contributed by atoms with Crippen molar-refractivity contribution in [3.05, 3.63) is 54.1 Å². The van der Waals surface area contributed by atoms with Gasteiger partial charge in [-0.3, -0.25) is 9.69 Å². The van der Waals surface area contributed by atoms with Gasteiger partial charge in [-0.15, -0.1) is 0 Å². The Morgan fingerprint density at radius 1 is 1.04 bits per heavy atom. The van der Waals surface area contributed by atoms with E-state index in [0.29, 0.717) is 5.56 Å². The van der Waals surface area contributed by atoms with Crippen LogP contribution in [0, 0.1) is 0 Å². The molecule has 0 aliphatic carbocycles. The summed E-state index contributed by atoms with van der Waals surface area (Å²) in [6, 6.07) is 14.5. The Morgan fingerprint density at radius 2 is 1.65 bits per heavy atom. The summed E-state index contributed by atoms with van der Waals surface area (Å²) in [5.74, 6) is 1.10. The van der Waals surface area contributed by atoms with E-state index in [0.717, 1.165) is 37.6 Å². The van der Waals surface area contributed by atoms with Crippen molar-refractivity contribution >= 4 is 11.6 Å². The van der Waals surface area contributed by atoms with Gasteiger partial charge in [-0.05, 0) is 36.4 Å². The number of hydrogen-bond donors (Lipinski definition) is 2. The van der Waals surface area contributed by atoms with Gasteiger partial charge in [-0.1, -0.05) is 0 Å². The molecule has 0 aromatic heterocycles. The Morgan fingerprint density at radius 3 is 2.22 bits per heavy atom. The minimum absolute atomic E-state index is 0.0670. The van der Waals surface area contributed by atoms with Crippen LogP contribution in [0.3, 0.4) is 0 Å². The zero-order valence-corrected chi connectivity index (χ0v) is 13.2. The Bertz CT molecular complexity index is 660. The number of nitrogens with one attached hydrogen (secondary N) is 1. The molecule has 0 radical (unpaired) electrons. The molecule has 5 nitrogen and oxygen atoms in total. The fourth-order valence-corrected chi connectivity index (χ4v) is 2.88. The lowest BCUT2D eigenvalue weighted by Crippen LogP contribution is -3.10. The first-order chi connectivity index (χ1) is 11.2. The van der Waals surface area contributed by atoms with Gasteiger partial charge >= 0.3 is 0 Å². The Kier molecular flexibility index (Phi) is 4.48. The van der Waals surface area contributed by atoms with Crippen LogP contribution in [0.5, 0.6) is 11.5 Å². The maximum atomic E-state index is 12.5. The summed E-state index contributed by atoms with van der Waals surface area (Å²) in [7, 11) is 1.61. The highest BCUT2D eigenvalue weighted by atomic mass is 16.5. The second-order valence-corrected chi connectivity index (χ2v) is 5.67. The van der Waals surface area contributed by atoms with Crippen LogP contribution in [0.4, 0.5) is 5.69 Å². The van der Waals surface area contributed by atoms with E-state index in [9.17, 15) is 9.90 Å². The topological polar surface area (TPSA) is 54.2 Å². The third-order valence-electron chi connectivity index (χ3n) is 4.27. The van der Waals surface area contributed by atoms with E-state index >= 15 is 0 Å². The third-order valence-corrected chi connectivity index (χ3v) is 4.27. The van der Waals surface area contributed by atoms with Crippen molar-refractivity contribution in [3.63, 3.8) is 0 Å². The molecule has 3 rings (SSSR count). The molecular weight excluding hydrogens is 292 g/mol. The Labute approximate surface area is 135 Å². The van der Waals surface area contributed by atoms with E-state index < -0.39 is 0 Å². The summed E-state index contributed by atoms with van der Waals surface area (Å²) in [5, 5.41) is 9.36. The van der Waals surface area contributed by atoms with Gasteiger partial charge in [0.1, 0.15) is 17.2 Å². The number of phenols is 1. The van der Waals surface area contributed by atoms with E-state index in [1.807, 2.05) is 29.2 Å². The zero-order chi connectivity index (χ0) is 16.2. The molecule has 23 heavy (non-hydrogen) atoms. The Hall–Kier alpha value is -2.53. The average Bonchev–Trinajstić information content (AvgIpc) is 2.62. The van der Waals surface area contributed by atoms with Crippen LogP contribution in [0.25, 0.3) is 0 Å². The summed E-state index contributed by atoms with van der Waals surface area (Å²) in [4.78, 5) is 15.8. The molecule has 1 aliphatic rings. The predicted molar refractivity (Wildman–Crippen MR) is 87.4 cm³/mol. The number of benzene rings is 2. The first-order valence-electron chi connectivity index (χ1n) is 7.75. The molecule has 1 heterocycles. The SMILES string of the molecule is COc1ccc(C(=O)N2CC[NH+](c3ccc(O)cc3)CC2)cc1. The normalized spacial score (nSPS) is 15.4. The lowest BCUT2D eigenvalue weighted by atomic mass is 10.1. The maximum Gasteiger partial charge on any atom is 0.254 e. The summed E-state index contributed by atoms with van der Waals surface area (Å²) >= 11 is 0. The smallest absolute Gasteiger partial charge is 0.254 e. The molecule has 0 unspecified atom stereocenters. The van der Waals surface area contributed by atoms with Crippen LogP contribution in [-0.4, -0.2) is 49.2 Å². The standard InChI is InChI=1S/C18H20N2O3/c1-23-17-8-2-14(3-9-17)18(22)20-12-10-19(11-13-20)15-4-6-16(21)7-5-15/h2-9,21H,10-13H2,1H3/p+1. The van der Waals surface area contributed by atoms with Crippen molar-refractivity contribution in [1.82, 2.24) is 4.90 Å². The van der Waals surface area contributed by atoms with Crippen molar-refractivity contribution in [3.8, 4) is 11.5 Å². The highest BCUT2D eigenvalue weighted by molar-refractivity contribution is 5.94. The molecule has 2 aromatic carbocycles. The number of ether oxygens (including phenoxy) is 1. The molecule has 2 aromatic rings. The number of piperazine rings is 1. The second kappa shape index (κ2) is 6.71. The van der Waals surface area contributed by atoms with E-state index in [-0.39, 0.29) is 11.7 Å². The van der Waals surface area contributed by atoms with E-state index in [2.05, 4.69) is 0 Å². The summed E-state index contributed by atoms with van der Waals surface area (Å²) in [6.45, 7) is 3.18. The van der Waals surface area contributed by atoms with Gasteiger partial charge in [0, 0.05) is 17.7 Å². The molecule has 0 spiro atoms. The number of nitrogens with zero attached hydrogens (tertiary/aromatic N) is 1. The van der Waals surface area contributed by atoms with Crippen LogP contribution in [0.15, 0.2) is 48.5 Å². The van der Waals surface area contributed by atoms with Crippen molar-refractivity contribution in [2.45, 2.75) is 0 Å². The van der Waals surface area contributed by atoms with Gasteiger partial charge < -0.3 is 14.7 Å². The van der Waals surface area contributed by atoms with Crippen LogP contribution in [-0.2, 0) is 0 Å². The molecule has 0 saturated carbocycles. The number of hydrogen-bond acceptors (Lipinski definition) is 3. The number of carbonyl (C=O) groups excluding carboxylic acids is 1. The molecule has 5 heteroatoms. The van der Waals surface area contributed by atoms with Crippen LogP contribution in [0.2, 0.25) is 0 Å². The molecule has 1 amide bonds. The first kappa shape index (κ1) is 15.4. The number of quaternary nitrogens is 1. The van der Waals surface area contributed by atoms with E-state index in [1.165, 1.54) is 4.90 Å². The van der Waals surface area contributed by atoms with Crippen LogP contribution >= 0.6 is 0 Å². The zero-order valence-electron chi connectivity index (χ0n) is 13.2. The predicted octanol–water partition coefficient (Wildman–Crippen LogP) is 1.07. The summed E-state index contributed by atoms with van der Waals surface area (Å²) in [5.41, 5.74) is 1.85. The van der Waals surface area contributed by atoms with Crippen molar-refractivity contribution in [2.24, 2.45) is 0 Å². The van der Waals surface area contributed by atoms with Gasteiger partial charge in [0.2, 0.25) is 0 Å². The number of phenolic OH excluding ortho intramolecular Hbond substituents is 1. The minimum Gasteiger partial charge on any atom is -0.508 e. The average molecular weight is 313 g/mol. The fourth-order valence-electron chi connectivity index (χ4n) is 2.88. The van der Waals surface area contributed by atoms with Gasteiger partial charge in [0.25, 0.3) is 5.91 Å². The maximum absolute atomic E-state index is 12.5. The number of amides is 1. The molecule has 1 aliphatic heterocycles. The summed E-state index contributed by atoms with van der Waals surface area (Å²) < 4.78 is 5.12. The third kappa shape index (κ3) is 3.46. The molecular formula is C18H21N2O3+. The molecule has 0 atom stereocenters. The number of rotatable bonds is 3.